The summed E-state index contributed by atoms with van der Waals surface area (Å²) in [5.74, 6) is -3.10. The third-order valence-corrected chi connectivity index (χ3v) is 9.35. The van der Waals surface area contributed by atoms with E-state index in [0.717, 1.165) is 12.8 Å². The van der Waals surface area contributed by atoms with Gasteiger partial charge in [0.15, 0.2) is 0 Å². The summed E-state index contributed by atoms with van der Waals surface area (Å²) in [4.78, 5) is 57.4. The van der Waals surface area contributed by atoms with Crippen molar-refractivity contribution in [1.82, 2.24) is 15.1 Å². The minimum atomic E-state index is -1.24. The summed E-state index contributed by atoms with van der Waals surface area (Å²) in [7, 11) is 0. The highest BCUT2D eigenvalue weighted by atomic mass is 79.9. The third-order valence-electron chi connectivity index (χ3n) is 8.50. The zero-order chi connectivity index (χ0) is 31.2. The number of carbonyl (C=O) groups is 4. The molecule has 3 aliphatic rings. The number of nitrogens with zero attached hydrogens (tertiary/aromatic N) is 2. The molecule has 1 spiro atoms. The van der Waals surface area contributed by atoms with Crippen LogP contribution in [0.2, 0.25) is 0 Å². The molecule has 2 bridgehead atoms. The number of ether oxygens (including phenoxy) is 2. The van der Waals surface area contributed by atoms with E-state index < -0.39 is 47.7 Å². The van der Waals surface area contributed by atoms with Gasteiger partial charge in [0.2, 0.25) is 17.7 Å². The lowest BCUT2D eigenvalue weighted by Crippen LogP contribution is -2.59. The summed E-state index contributed by atoms with van der Waals surface area (Å²) in [6.07, 6.45) is 5.41. The molecule has 1 unspecified atom stereocenters. The fraction of sp³-hybridized carbons (Fsp3) is 0.742. The molecule has 0 radical (unpaired) electrons. The number of esters is 1. The van der Waals surface area contributed by atoms with E-state index >= 15 is 0 Å². The summed E-state index contributed by atoms with van der Waals surface area (Å²) >= 11 is 3.68. The summed E-state index contributed by atoms with van der Waals surface area (Å²) in [5, 5.41) is 13.2. The predicted octanol–water partition coefficient (Wildman–Crippen LogP) is 2.97. The van der Waals surface area contributed by atoms with Crippen LogP contribution < -0.4 is 5.32 Å². The summed E-state index contributed by atoms with van der Waals surface area (Å²) < 4.78 is 12.3. The Morgan fingerprint density at radius 1 is 1.29 bits per heavy atom. The first kappa shape index (κ1) is 34.3. The molecule has 11 heteroatoms. The van der Waals surface area contributed by atoms with Crippen molar-refractivity contribution < 1.29 is 33.8 Å². The van der Waals surface area contributed by atoms with Gasteiger partial charge >= 0.3 is 5.97 Å². The standard InChI is InChI=1S/C31H48BrN3O7/c1-7-10-12-23(37)33-17-20(6)41-30(40)24-25-28(38)35(21(18-36)15-19(4)5)27(31(25)16-22(32)26(24)42-31)29(39)34(13-9-3)14-11-8-2/h7,9,19-22,24-27,36H,1,3,8,10-18H2,2,4-6H3,(H,33,37)/t20-,21-,22?,24+,25-,26+,27+,31-/m1/s1. The van der Waals surface area contributed by atoms with Gasteiger partial charge in [-0.2, -0.15) is 0 Å². The van der Waals surface area contributed by atoms with Crippen molar-refractivity contribution in [2.45, 2.75) is 101 Å². The third kappa shape index (κ3) is 6.94. The molecule has 3 aliphatic heterocycles. The van der Waals surface area contributed by atoms with E-state index in [2.05, 4.69) is 34.4 Å². The van der Waals surface area contributed by atoms with Crippen LogP contribution in [0, 0.1) is 17.8 Å². The number of alkyl halides is 1. The molecule has 0 aromatic carbocycles. The van der Waals surface area contributed by atoms with Crippen LogP contribution in [0.3, 0.4) is 0 Å². The molecule has 8 atom stereocenters. The molecule has 10 nitrogen and oxygen atoms in total. The number of fused-ring (bicyclic) bond motifs is 1. The molecule has 2 N–H and O–H groups in total. The van der Waals surface area contributed by atoms with Crippen LogP contribution in [0.4, 0.5) is 0 Å². The predicted molar refractivity (Wildman–Crippen MR) is 163 cm³/mol. The fourth-order valence-electron chi connectivity index (χ4n) is 6.70. The van der Waals surface area contributed by atoms with Crippen LogP contribution in [-0.4, -0.2) is 99.6 Å². The second-order valence-electron chi connectivity index (χ2n) is 12.2. The van der Waals surface area contributed by atoms with E-state index in [1.54, 1.807) is 24.0 Å². The molecular weight excluding hydrogens is 606 g/mol. The number of amides is 3. The molecule has 42 heavy (non-hydrogen) atoms. The Bertz CT molecular complexity index is 1020. The van der Waals surface area contributed by atoms with Gasteiger partial charge in [0.05, 0.1) is 37.1 Å². The van der Waals surface area contributed by atoms with Gasteiger partial charge in [0.1, 0.15) is 17.7 Å². The van der Waals surface area contributed by atoms with Crippen LogP contribution in [-0.2, 0) is 28.7 Å². The summed E-state index contributed by atoms with van der Waals surface area (Å²) in [6.45, 7) is 15.8. The maximum atomic E-state index is 14.4. The molecule has 236 valence electrons. The van der Waals surface area contributed by atoms with E-state index in [-0.39, 0.29) is 41.6 Å². The van der Waals surface area contributed by atoms with Gasteiger partial charge < -0.3 is 29.7 Å². The topological polar surface area (TPSA) is 125 Å². The molecule has 3 fully saturated rings. The van der Waals surface area contributed by atoms with Crippen LogP contribution >= 0.6 is 15.9 Å². The zero-order valence-electron chi connectivity index (χ0n) is 25.4. The van der Waals surface area contributed by atoms with Crippen molar-refractivity contribution in [2.75, 3.05) is 26.2 Å². The summed E-state index contributed by atoms with van der Waals surface area (Å²) in [5.41, 5.74) is -1.24. The number of nitrogens with one attached hydrogen (secondary N) is 1. The highest BCUT2D eigenvalue weighted by Crippen LogP contribution is 2.61. The number of carbonyl (C=O) groups excluding carboxylic acids is 4. The molecule has 0 saturated carbocycles. The average Bonchev–Trinajstić information content (AvgIpc) is 3.54. The fourth-order valence-corrected chi connectivity index (χ4v) is 7.64. The lowest BCUT2D eigenvalue weighted by atomic mass is 9.70. The first-order chi connectivity index (χ1) is 20.0. The van der Waals surface area contributed by atoms with Gasteiger partial charge in [-0.15, -0.1) is 13.2 Å². The number of hydrogen-bond acceptors (Lipinski definition) is 7. The maximum Gasteiger partial charge on any atom is 0.312 e. The van der Waals surface area contributed by atoms with Gasteiger partial charge in [0.25, 0.3) is 0 Å². The van der Waals surface area contributed by atoms with Gasteiger partial charge in [-0.05, 0) is 38.5 Å². The zero-order valence-corrected chi connectivity index (χ0v) is 27.0. The van der Waals surface area contributed by atoms with Crippen molar-refractivity contribution in [3.05, 3.63) is 25.3 Å². The number of likely N-dealkylation sites (tertiary alicyclic amines) is 1. The van der Waals surface area contributed by atoms with Crippen LogP contribution in [0.1, 0.15) is 66.2 Å². The Hall–Kier alpha value is -2.24. The van der Waals surface area contributed by atoms with Crippen molar-refractivity contribution in [2.24, 2.45) is 17.8 Å². The van der Waals surface area contributed by atoms with Gasteiger partial charge in [-0.25, -0.2) is 0 Å². The van der Waals surface area contributed by atoms with E-state index in [9.17, 15) is 24.3 Å². The largest absolute Gasteiger partial charge is 0.460 e. The lowest BCUT2D eigenvalue weighted by Gasteiger charge is -2.39. The van der Waals surface area contributed by atoms with E-state index in [1.165, 1.54) is 4.90 Å². The van der Waals surface area contributed by atoms with Crippen LogP contribution in [0.15, 0.2) is 25.3 Å². The average molecular weight is 655 g/mol. The van der Waals surface area contributed by atoms with Gasteiger partial charge in [0, 0.05) is 24.3 Å². The first-order valence-electron chi connectivity index (χ1n) is 15.2. The van der Waals surface area contributed by atoms with Crippen molar-refractivity contribution in [1.29, 1.82) is 0 Å². The molecular formula is C31H48BrN3O7. The second-order valence-corrected chi connectivity index (χ2v) is 13.4. The van der Waals surface area contributed by atoms with Gasteiger partial charge in [-0.3, -0.25) is 19.2 Å². The summed E-state index contributed by atoms with van der Waals surface area (Å²) in [6, 6.07) is -1.60. The van der Waals surface area contributed by atoms with E-state index in [0.29, 0.717) is 38.8 Å². The van der Waals surface area contributed by atoms with Crippen LogP contribution in [0.5, 0.6) is 0 Å². The smallest absolute Gasteiger partial charge is 0.312 e. The molecule has 3 amide bonds. The maximum absolute atomic E-state index is 14.4. The Labute approximate surface area is 258 Å². The number of aliphatic hydroxyl groups is 1. The molecule has 3 rings (SSSR count). The Kier molecular flexibility index (Phi) is 12.2. The van der Waals surface area contributed by atoms with E-state index in [4.69, 9.17) is 9.47 Å². The minimum absolute atomic E-state index is 0.129. The molecule has 0 aromatic heterocycles. The molecule has 0 aromatic rings. The molecule has 0 aliphatic carbocycles. The first-order valence-corrected chi connectivity index (χ1v) is 16.1. The number of rotatable bonds is 17. The molecule has 3 heterocycles. The normalized spacial score (nSPS) is 29.3. The number of aliphatic hydroxyl groups excluding tert-OH is 1. The second kappa shape index (κ2) is 15.0. The van der Waals surface area contributed by atoms with E-state index in [1.807, 2.05) is 20.8 Å². The Balaban J connectivity index is 1.95. The molecule has 3 saturated heterocycles. The number of unbranched alkanes of at least 4 members (excludes halogenated alkanes) is 1. The Morgan fingerprint density at radius 2 is 2.00 bits per heavy atom. The number of hydrogen-bond donors (Lipinski definition) is 2. The highest BCUT2D eigenvalue weighted by molar-refractivity contribution is 9.09. The number of allylic oxidation sites excluding steroid dienone is 1. The highest BCUT2D eigenvalue weighted by Gasteiger charge is 2.77. The lowest BCUT2D eigenvalue weighted by molar-refractivity contribution is -0.160. The quantitative estimate of drug-likeness (QED) is 0.140. The van der Waals surface area contributed by atoms with Gasteiger partial charge in [-0.1, -0.05) is 55.3 Å². The van der Waals surface area contributed by atoms with Crippen molar-refractivity contribution in [3.8, 4) is 0 Å². The minimum Gasteiger partial charge on any atom is -0.460 e. The van der Waals surface area contributed by atoms with Crippen LogP contribution in [0.25, 0.3) is 0 Å². The van der Waals surface area contributed by atoms with Crippen molar-refractivity contribution >= 4 is 39.6 Å². The van der Waals surface area contributed by atoms with Crippen molar-refractivity contribution in [3.63, 3.8) is 0 Å². The SMILES string of the molecule is C=CCCC(=O)NC[C@@H](C)OC(=O)[C@@H]1[C@H]2O[C@@]3(CC2Br)[C@H](C(=O)N(CC=C)CCCC)N([C@@H](CO)CC(C)C)C(=O)[C@@H]13. The monoisotopic (exact) mass is 653 g/mol. The number of halogens is 1. The Morgan fingerprint density at radius 3 is 2.60 bits per heavy atom.